The monoisotopic (exact) mass is 296 g/mol. The van der Waals surface area contributed by atoms with E-state index in [-0.39, 0.29) is 18.2 Å². The number of nitro groups is 1. The second-order valence-electron chi connectivity index (χ2n) is 4.65. The van der Waals surface area contributed by atoms with Crippen molar-refractivity contribution in [2.75, 3.05) is 18.1 Å². The summed E-state index contributed by atoms with van der Waals surface area (Å²) in [5.74, 6) is -1.34. The van der Waals surface area contributed by atoms with Gasteiger partial charge in [0.25, 0.3) is 5.69 Å². The molecule has 21 heavy (non-hydrogen) atoms. The lowest BCUT2D eigenvalue weighted by Crippen LogP contribution is -2.36. The highest BCUT2D eigenvalue weighted by atomic mass is 16.6. The Balaban J connectivity index is 3.29. The van der Waals surface area contributed by atoms with E-state index in [9.17, 15) is 20.0 Å². The molecule has 7 nitrogen and oxygen atoms in total. The first-order valence-corrected chi connectivity index (χ1v) is 6.85. The number of nitrogens with zero attached hydrogens (tertiary/aromatic N) is 2. The molecule has 0 bridgehead atoms. The predicted molar refractivity (Wildman–Crippen MR) is 78.9 cm³/mol. The zero-order valence-corrected chi connectivity index (χ0v) is 12.2. The summed E-state index contributed by atoms with van der Waals surface area (Å²) in [6, 6.07) is 4.17. The van der Waals surface area contributed by atoms with Gasteiger partial charge in [0.15, 0.2) is 0 Å². The third-order valence-corrected chi connectivity index (χ3v) is 3.46. The largest absolute Gasteiger partial charge is 0.477 e. The molecule has 1 aromatic carbocycles. The van der Waals surface area contributed by atoms with Crippen LogP contribution in [0.1, 0.15) is 37.0 Å². The van der Waals surface area contributed by atoms with Crippen molar-refractivity contribution in [1.82, 2.24) is 0 Å². The Kier molecular flexibility index (Phi) is 6.10. The molecule has 0 saturated heterocycles. The van der Waals surface area contributed by atoms with Gasteiger partial charge in [0, 0.05) is 24.3 Å². The van der Waals surface area contributed by atoms with Gasteiger partial charge in [0.1, 0.15) is 5.56 Å². The zero-order chi connectivity index (χ0) is 16.0. The Morgan fingerprint density at radius 2 is 2.00 bits per heavy atom. The number of carboxylic acid groups (broad SMARTS) is 1. The Morgan fingerprint density at radius 1 is 1.38 bits per heavy atom. The highest BCUT2D eigenvalue weighted by Crippen LogP contribution is 2.27. The van der Waals surface area contributed by atoms with E-state index in [1.165, 1.54) is 18.2 Å². The lowest BCUT2D eigenvalue weighted by molar-refractivity contribution is -0.385. The average Bonchev–Trinajstić information content (AvgIpc) is 2.46. The number of carboxylic acids is 1. The highest BCUT2D eigenvalue weighted by molar-refractivity contribution is 5.93. The van der Waals surface area contributed by atoms with Crippen LogP contribution in [0.15, 0.2) is 18.2 Å². The van der Waals surface area contributed by atoms with E-state index in [4.69, 9.17) is 5.11 Å². The normalized spacial score (nSPS) is 10.7. The van der Waals surface area contributed by atoms with E-state index in [1.54, 1.807) is 0 Å². The standard InChI is InChI=1S/C14H20N2O5/c1-3-10(4-2)15(7-8-17)11-5-6-13(16(20)21)12(9-11)14(18)19/h5-6,9-10,17H,3-4,7-8H2,1-2H3,(H,18,19). The predicted octanol–water partition coefficient (Wildman–Crippen LogP) is 2.28. The Hall–Kier alpha value is -2.15. The zero-order valence-electron chi connectivity index (χ0n) is 12.2. The lowest BCUT2D eigenvalue weighted by Gasteiger charge is -2.32. The summed E-state index contributed by atoms with van der Waals surface area (Å²) in [5, 5.41) is 29.2. The van der Waals surface area contributed by atoms with Crippen molar-refractivity contribution in [2.45, 2.75) is 32.7 Å². The number of hydrogen-bond donors (Lipinski definition) is 2. The average molecular weight is 296 g/mol. The topological polar surface area (TPSA) is 104 Å². The maximum absolute atomic E-state index is 11.2. The van der Waals surface area contributed by atoms with Crippen molar-refractivity contribution in [1.29, 1.82) is 0 Å². The smallest absolute Gasteiger partial charge is 0.342 e. The van der Waals surface area contributed by atoms with Gasteiger partial charge in [-0.3, -0.25) is 10.1 Å². The number of carbonyl (C=O) groups is 1. The second-order valence-corrected chi connectivity index (χ2v) is 4.65. The molecule has 0 spiro atoms. The molecular formula is C14H20N2O5. The summed E-state index contributed by atoms with van der Waals surface area (Å²) in [6.45, 7) is 4.28. The van der Waals surface area contributed by atoms with Crippen LogP contribution in [-0.4, -0.2) is 40.3 Å². The molecule has 1 rings (SSSR count). The molecule has 0 radical (unpaired) electrons. The molecule has 0 amide bonds. The highest BCUT2D eigenvalue weighted by Gasteiger charge is 2.23. The van der Waals surface area contributed by atoms with E-state index in [0.29, 0.717) is 12.2 Å². The van der Waals surface area contributed by atoms with E-state index >= 15 is 0 Å². The van der Waals surface area contributed by atoms with Gasteiger partial charge in [-0.1, -0.05) is 13.8 Å². The van der Waals surface area contributed by atoms with Crippen molar-refractivity contribution < 1.29 is 19.9 Å². The maximum atomic E-state index is 11.2. The summed E-state index contributed by atoms with van der Waals surface area (Å²) in [7, 11) is 0. The van der Waals surface area contributed by atoms with E-state index in [1.807, 2.05) is 18.7 Å². The quantitative estimate of drug-likeness (QED) is 0.563. The maximum Gasteiger partial charge on any atom is 0.342 e. The molecule has 0 heterocycles. The minimum Gasteiger partial charge on any atom is -0.477 e. The van der Waals surface area contributed by atoms with Gasteiger partial charge in [0.05, 0.1) is 11.5 Å². The molecule has 0 saturated carbocycles. The molecule has 7 heteroatoms. The number of hydrogen-bond acceptors (Lipinski definition) is 5. The first kappa shape index (κ1) is 16.9. The SMILES string of the molecule is CCC(CC)N(CCO)c1ccc([N+](=O)[O-])c(C(=O)O)c1. The van der Waals surface area contributed by atoms with Crippen LogP contribution in [0.2, 0.25) is 0 Å². The van der Waals surface area contributed by atoms with E-state index in [2.05, 4.69) is 0 Å². The number of aliphatic hydroxyl groups is 1. The fraction of sp³-hybridized carbons (Fsp3) is 0.500. The molecule has 2 N–H and O–H groups in total. The Bertz CT molecular complexity index is 514. The second kappa shape index (κ2) is 7.58. The minimum atomic E-state index is -1.34. The molecule has 0 aliphatic carbocycles. The van der Waals surface area contributed by atoms with Gasteiger partial charge in [-0.05, 0) is 25.0 Å². The number of aliphatic hydroxyl groups excluding tert-OH is 1. The van der Waals surface area contributed by atoms with Gasteiger partial charge in [-0.2, -0.15) is 0 Å². The fourth-order valence-corrected chi connectivity index (χ4v) is 2.39. The molecule has 116 valence electrons. The van der Waals surface area contributed by atoms with Gasteiger partial charge < -0.3 is 15.1 Å². The van der Waals surface area contributed by atoms with Crippen LogP contribution in [0.3, 0.4) is 0 Å². The first-order valence-electron chi connectivity index (χ1n) is 6.85. The van der Waals surface area contributed by atoms with Crippen LogP contribution in [0.5, 0.6) is 0 Å². The number of benzene rings is 1. The number of rotatable bonds is 8. The third-order valence-electron chi connectivity index (χ3n) is 3.46. The molecule has 1 aromatic rings. The summed E-state index contributed by atoms with van der Waals surface area (Å²) >= 11 is 0. The Morgan fingerprint density at radius 3 is 2.43 bits per heavy atom. The molecular weight excluding hydrogens is 276 g/mol. The number of anilines is 1. The van der Waals surface area contributed by atoms with Crippen LogP contribution in [0.4, 0.5) is 11.4 Å². The van der Waals surface area contributed by atoms with Gasteiger partial charge in [0.2, 0.25) is 0 Å². The van der Waals surface area contributed by atoms with Crippen LogP contribution in [-0.2, 0) is 0 Å². The van der Waals surface area contributed by atoms with Gasteiger partial charge >= 0.3 is 5.97 Å². The van der Waals surface area contributed by atoms with Gasteiger partial charge in [-0.15, -0.1) is 0 Å². The summed E-state index contributed by atoms with van der Waals surface area (Å²) in [4.78, 5) is 23.2. The van der Waals surface area contributed by atoms with Crippen molar-refractivity contribution in [3.8, 4) is 0 Å². The molecule has 0 aliphatic rings. The summed E-state index contributed by atoms with van der Waals surface area (Å²) in [6.07, 6.45) is 1.66. The summed E-state index contributed by atoms with van der Waals surface area (Å²) in [5.41, 5.74) is -0.202. The van der Waals surface area contributed by atoms with Crippen molar-refractivity contribution >= 4 is 17.3 Å². The fourth-order valence-electron chi connectivity index (χ4n) is 2.39. The number of aromatic carboxylic acids is 1. The van der Waals surface area contributed by atoms with Crippen molar-refractivity contribution in [2.24, 2.45) is 0 Å². The molecule has 0 atom stereocenters. The van der Waals surface area contributed by atoms with Gasteiger partial charge in [-0.25, -0.2) is 4.79 Å². The van der Waals surface area contributed by atoms with Crippen LogP contribution < -0.4 is 4.90 Å². The number of nitro benzene ring substituents is 1. The van der Waals surface area contributed by atoms with Crippen LogP contribution >= 0.6 is 0 Å². The van der Waals surface area contributed by atoms with Crippen LogP contribution in [0.25, 0.3) is 0 Å². The van der Waals surface area contributed by atoms with E-state index < -0.39 is 16.6 Å². The molecule has 0 unspecified atom stereocenters. The van der Waals surface area contributed by atoms with E-state index in [0.717, 1.165) is 12.8 Å². The minimum absolute atomic E-state index is 0.0735. The molecule has 0 aromatic heterocycles. The third kappa shape index (κ3) is 3.91. The summed E-state index contributed by atoms with van der Waals surface area (Å²) < 4.78 is 0. The molecule has 0 aliphatic heterocycles. The van der Waals surface area contributed by atoms with Crippen molar-refractivity contribution in [3.63, 3.8) is 0 Å². The first-order chi connectivity index (χ1) is 9.96. The Labute approximate surface area is 123 Å². The molecule has 0 fully saturated rings. The van der Waals surface area contributed by atoms with Crippen molar-refractivity contribution in [3.05, 3.63) is 33.9 Å². The lowest BCUT2D eigenvalue weighted by atomic mass is 10.1. The van der Waals surface area contributed by atoms with Crippen LogP contribution in [0, 0.1) is 10.1 Å².